The third-order valence-electron chi connectivity index (χ3n) is 6.95. The van der Waals surface area contributed by atoms with Crippen LogP contribution in [0.25, 0.3) is 0 Å². The van der Waals surface area contributed by atoms with E-state index in [-0.39, 0.29) is 0 Å². The van der Waals surface area contributed by atoms with Crippen molar-refractivity contribution in [2.75, 3.05) is 26.2 Å². The first kappa shape index (κ1) is 18.0. The molecule has 0 spiro atoms. The van der Waals surface area contributed by atoms with Crippen molar-refractivity contribution in [1.82, 2.24) is 9.80 Å². The number of nitrogens with zero attached hydrogens (tertiary/aromatic N) is 2. The van der Waals surface area contributed by atoms with Crippen molar-refractivity contribution >= 4 is 5.91 Å². The maximum atomic E-state index is 13.1. The molecule has 3 fully saturated rings. The fraction of sp³-hybridized carbons (Fsp3) is 0.696. The van der Waals surface area contributed by atoms with Crippen molar-refractivity contribution in [3.05, 3.63) is 35.9 Å². The van der Waals surface area contributed by atoms with Gasteiger partial charge < -0.3 is 9.80 Å². The Kier molecular flexibility index (Phi) is 5.94. The molecule has 2 aliphatic heterocycles. The fourth-order valence-electron chi connectivity index (χ4n) is 5.47. The van der Waals surface area contributed by atoms with E-state index in [1.807, 2.05) is 0 Å². The quantitative estimate of drug-likeness (QED) is 0.812. The number of carbonyl (C=O) groups is 1. The number of hydrogen-bond acceptors (Lipinski definition) is 2. The second kappa shape index (κ2) is 8.56. The minimum Gasteiger partial charge on any atom is -0.339 e. The molecule has 2 heterocycles. The van der Waals surface area contributed by atoms with E-state index in [9.17, 15) is 4.79 Å². The van der Waals surface area contributed by atoms with Crippen LogP contribution in [0.3, 0.4) is 0 Å². The van der Waals surface area contributed by atoms with Gasteiger partial charge in [-0.2, -0.15) is 0 Å². The summed E-state index contributed by atoms with van der Waals surface area (Å²) in [5.74, 6) is 1.52. The Labute approximate surface area is 158 Å². The summed E-state index contributed by atoms with van der Waals surface area (Å²) < 4.78 is 0. The summed E-state index contributed by atoms with van der Waals surface area (Å²) >= 11 is 0. The lowest BCUT2D eigenvalue weighted by Crippen LogP contribution is -2.57. The molecule has 1 aromatic rings. The SMILES string of the molecule is O=C(C1CCCCC1)N1CCC[C@@H]2CN(CCc3ccccc3)CC[C@@H]21. The van der Waals surface area contributed by atoms with Crippen molar-refractivity contribution in [1.29, 1.82) is 0 Å². The van der Waals surface area contributed by atoms with Crippen LogP contribution in [0.4, 0.5) is 0 Å². The smallest absolute Gasteiger partial charge is 0.225 e. The largest absolute Gasteiger partial charge is 0.339 e. The number of carbonyl (C=O) groups excluding carboxylic acids is 1. The number of amides is 1. The molecule has 26 heavy (non-hydrogen) atoms. The molecular weight excluding hydrogens is 320 g/mol. The van der Waals surface area contributed by atoms with Gasteiger partial charge >= 0.3 is 0 Å². The van der Waals surface area contributed by atoms with Crippen molar-refractivity contribution in [2.24, 2.45) is 11.8 Å². The first-order valence-corrected chi connectivity index (χ1v) is 10.9. The van der Waals surface area contributed by atoms with Gasteiger partial charge in [0.25, 0.3) is 0 Å². The van der Waals surface area contributed by atoms with Gasteiger partial charge in [0, 0.05) is 38.1 Å². The number of rotatable bonds is 4. The van der Waals surface area contributed by atoms with Crippen molar-refractivity contribution in [3.63, 3.8) is 0 Å². The lowest BCUT2D eigenvalue weighted by molar-refractivity contribution is -0.143. The lowest BCUT2D eigenvalue weighted by atomic mass is 9.81. The number of piperidine rings is 2. The van der Waals surface area contributed by atoms with Gasteiger partial charge in [-0.1, -0.05) is 49.6 Å². The molecule has 3 heteroatoms. The molecule has 0 radical (unpaired) electrons. The fourth-order valence-corrected chi connectivity index (χ4v) is 5.47. The predicted octanol–water partition coefficient (Wildman–Crippen LogP) is 4.12. The molecule has 1 aromatic carbocycles. The normalized spacial score (nSPS) is 27.9. The highest BCUT2D eigenvalue weighted by molar-refractivity contribution is 5.79. The van der Waals surface area contributed by atoms with Crippen molar-refractivity contribution in [2.45, 2.75) is 63.8 Å². The van der Waals surface area contributed by atoms with E-state index in [0.29, 0.717) is 23.8 Å². The van der Waals surface area contributed by atoms with E-state index in [2.05, 4.69) is 40.1 Å². The van der Waals surface area contributed by atoms with Gasteiger partial charge in [0.15, 0.2) is 0 Å². The van der Waals surface area contributed by atoms with E-state index >= 15 is 0 Å². The summed E-state index contributed by atoms with van der Waals surface area (Å²) in [6, 6.07) is 11.4. The van der Waals surface area contributed by atoms with E-state index in [4.69, 9.17) is 0 Å². The lowest BCUT2D eigenvalue weighted by Gasteiger charge is -2.48. The molecule has 2 atom stereocenters. The summed E-state index contributed by atoms with van der Waals surface area (Å²) in [5.41, 5.74) is 1.44. The van der Waals surface area contributed by atoms with E-state index in [0.717, 1.165) is 38.9 Å². The van der Waals surface area contributed by atoms with E-state index < -0.39 is 0 Å². The molecule has 142 valence electrons. The van der Waals surface area contributed by atoms with Crippen LogP contribution in [-0.2, 0) is 11.2 Å². The van der Waals surface area contributed by atoms with Gasteiger partial charge in [0.1, 0.15) is 0 Å². The molecule has 2 saturated heterocycles. The Bertz CT molecular complexity index is 581. The van der Waals surface area contributed by atoms with E-state index in [1.165, 1.54) is 50.6 Å². The molecule has 1 amide bonds. The van der Waals surface area contributed by atoms with E-state index in [1.54, 1.807) is 0 Å². The number of likely N-dealkylation sites (tertiary alicyclic amines) is 2. The molecule has 0 aromatic heterocycles. The summed E-state index contributed by atoms with van der Waals surface area (Å²) in [4.78, 5) is 18.1. The van der Waals surface area contributed by atoms with Gasteiger partial charge in [0.2, 0.25) is 5.91 Å². The van der Waals surface area contributed by atoms with Crippen LogP contribution >= 0.6 is 0 Å². The molecular formula is C23H34N2O. The molecule has 1 aliphatic carbocycles. The standard InChI is InChI=1S/C23H34N2O/c26-23(20-10-5-2-6-11-20)25-15-7-12-21-18-24(17-14-22(21)25)16-13-19-8-3-1-4-9-19/h1,3-4,8-9,20-22H,2,5-7,10-18H2/t21-,22+/m1/s1. The highest BCUT2D eigenvalue weighted by Gasteiger charge is 2.39. The van der Waals surface area contributed by atoms with Gasteiger partial charge in [-0.25, -0.2) is 0 Å². The molecule has 3 aliphatic rings. The molecule has 1 saturated carbocycles. The Morgan fingerprint density at radius 2 is 1.73 bits per heavy atom. The summed E-state index contributed by atoms with van der Waals surface area (Å²) in [6.45, 7) is 4.51. The Hall–Kier alpha value is -1.35. The monoisotopic (exact) mass is 354 g/mol. The molecule has 4 rings (SSSR count). The average molecular weight is 355 g/mol. The third kappa shape index (κ3) is 4.14. The summed E-state index contributed by atoms with van der Waals surface area (Å²) in [6.07, 6.45) is 10.9. The Balaban J connectivity index is 1.32. The molecule has 0 unspecified atom stereocenters. The zero-order chi connectivity index (χ0) is 17.8. The number of hydrogen-bond donors (Lipinski definition) is 0. The second-order valence-corrected chi connectivity index (χ2v) is 8.66. The van der Waals surface area contributed by atoms with Crippen LogP contribution in [0.5, 0.6) is 0 Å². The van der Waals surface area contributed by atoms with Gasteiger partial charge in [-0.05, 0) is 50.0 Å². The first-order valence-electron chi connectivity index (χ1n) is 10.9. The number of fused-ring (bicyclic) bond motifs is 1. The summed E-state index contributed by atoms with van der Waals surface area (Å²) in [7, 11) is 0. The molecule has 0 bridgehead atoms. The summed E-state index contributed by atoms with van der Waals surface area (Å²) in [5, 5.41) is 0. The highest BCUT2D eigenvalue weighted by atomic mass is 16.2. The number of benzene rings is 1. The minimum absolute atomic E-state index is 0.332. The first-order chi connectivity index (χ1) is 12.8. The van der Waals surface area contributed by atoms with Crippen molar-refractivity contribution < 1.29 is 4.79 Å². The van der Waals surface area contributed by atoms with Crippen LogP contribution in [-0.4, -0.2) is 47.9 Å². The molecule has 0 N–H and O–H groups in total. The molecule has 3 nitrogen and oxygen atoms in total. The topological polar surface area (TPSA) is 23.6 Å². The van der Waals surface area contributed by atoms with Crippen LogP contribution in [0.15, 0.2) is 30.3 Å². The van der Waals surface area contributed by atoms with Gasteiger partial charge in [0.05, 0.1) is 0 Å². The van der Waals surface area contributed by atoms with Crippen LogP contribution in [0.2, 0.25) is 0 Å². The third-order valence-corrected chi connectivity index (χ3v) is 6.95. The highest BCUT2D eigenvalue weighted by Crippen LogP contribution is 2.34. The Morgan fingerprint density at radius 1 is 0.923 bits per heavy atom. The average Bonchev–Trinajstić information content (AvgIpc) is 2.72. The maximum absolute atomic E-state index is 13.1. The van der Waals surface area contributed by atoms with Crippen LogP contribution < -0.4 is 0 Å². The van der Waals surface area contributed by atoms with Crippen LogP contribution in [0.1, 0.15) is 56.9 Å². The zero-order valence-corrected chi connectivity index (χ0v) is 16.1. The Morgan fingerprint density at radius 3 is 2.54 bits per heavy atom. The van der Waals surface area contributed by atoms with Crippen LogP contribution in [0, 0.1) is 11.8 Å². The second-order valence-electron chi connectivity index (χ2n) is 8.66. The zero-order valence-electron chi connectivity index (χ0n) is 16.1. The van der Waals surface area contributed by atoms with Gasteiger partial charge in [-0.15, -0.1) is 0 Å². The minimum atomic E-state index is 0.332. The maximum Gasteiger partial charge on any atom is 0.225 e. The predicted molar refractivity (Wildman–Crippen MR) is 106 cm³/mol. The van der Waals surface area contributed by atoms with Crippen molar-refractivity contribution in [3.8, 4) is 0 Å². The van der Waals surface area contributed by atoms with Gasteiger partial charge in [-0.3, -0.25) is 4.79 Å².